The van der Waals surface area contributed by atoms with Crippen molar-refractivity contribution >= 4 is 11.7 Å². The fraction of sp³-hybridized carbons (Fsp3) is 0.143. The van der Waals surface area contributed by atoms with Gasteiger partial charge in [-0.3, -0.25) is 4.79 Å². The maximum atomic E-state index is 12.2. The number of carbonyl (C=O) groups excluding carboxylic acids is 1. The van der Waals surface area contributed by atoms with E-state index < -0.39 is 0 Å². The fourth-order valence-electron chi connectivity index (χ4n) is 2.50. The number of nitrogen functional groups attached to an aromatic ring is 1. The van der Waals surface area contributed by atoms with Gasteiger partial charge >= 0.3 is 0 Å². The van der Waals surface area contributed by atoms with Crippen LogP contribution in [0.3, 0.4) is 0 Å². The number of nitrogens with two attached hydrogens (primary N) is 1. The van der Waals surface area contributed by atoms with Crippen molar-refractivity contribution in [1.82, 2.24) is 10.3 Å². The highest BCUT2D eigenvalue weighted by Crippen LogP contribution is 2.24. The first-order chi connectivity index (χ1) is 13.0. The number of amides is 1. The van der Waals surface area contributed by atoms with Crippen LogP contribution in [0.1, 0.15) is 21.6 Å². The number of hydrogen-bond donors (Lipinski definition) is 2. The highest BCUT2D eigenvalue weighted by Gasteiger charge is 2.10. The number of carbonyl (C=O) groups is 1. The molecule has 6 heteroatoms. The molecule has 0 bridgehead atoms. The molecule has 0 aliphatic heterocycles. The van der Waals surface area contributed by atoms with E-state index in [9.17, 15) is 4.79 Å². The SMILES string of the molecule is COc1ccc(Oc2ccc(CNC(=O)c3ccc(C)nc3N)cc2)cc1. The number of rotatable bonds is 6. The molecule has 0 aliphatic rings. The Labute approximate surface area is 158 Å². The predicted octanol–water partition coefficient (Wildman–Crippen LogP) is 3.70. The van der Waals surface area contributed by atoms with Crippen molar-refractivity contribution < 1.29 is 14.3 Å². The van der Waals surface area contributed by atoms with Gasteiger partial charge < -0.3 is 20.5 Å². The van der Waals surface area contributed by atoms with Crippen molar-refractivity contribution in [2.45, 2.75) is 13.5 Å². The molecule has 0 saturated carbocycles. The maximum Gasteiger partial charge on any atom is 0.255 e. The topological polar surface area (TPSA) is 86.5 Å². The lowest BCUT2D eigenvalue weighted by Crippen LogP contribution is -2.24. The van der Waals surface area contributed by atoms with Crippen molar-refractivity contribution in [3.8, 4) is 17.2 Å². The van der Waals surface area contributed by atoms with Crippen LogP contribution in [0.2, 0.25) is 0 Å². The molecule has 0 atom stereocenters. The number of ether oxygens (including phenoxy) is 2. The van der Waals surface area contributed by atoms with Crippen LogP contribution in [0.25, 0.3) is 0 Å². The van der Waals surface area contributed by atoms with Gasteiger partial charge in [-0.2, -0.15) is 0 Å². The lowest BCUT2D eigenvalue weighted by molar-refractivity contribution is 0.0951. The summed E-state index contributed by atoms with van der Waals surface area (Å²) in [6.45, 7) is 2.21. The Morgan fingerprint density at radius 2 is 1.56 bits per heavy atom. The van der Waals surface area contributed by atoms with Gasteiger partial charge in [0, 0.05) is 12.2 Å². The minimum atomic E-state index is -0.251. The third-order valence-electron chi connectivity index (χ3n) is 3.98. The van der Waals surface area contributed by atoms with Crippen LogP contribution in [0.4, 0.5) is 5.82 Å². The van der Waals surface area contributed by atoms with Crippen molar-refractivity contribution in [2.75, 3.05) is 12.8 Å². The molecule has 138 valence electrons. The minimum absolute atomic E-state index is 0.232. The van der Waals surface area contributed by atoms with Gasteiger partial charge in [-0.15, -0.1) is 0 Å². The molecular weight excluding hydrogens is 342 g/mol. The Bertz CT molecular complexity index is 922. The summed E-state index contributed by atoms with van der Waals surface area (Å²) in [7, 11) is 1.62. The number of aromatic nitrogens is 1. The molecule has 0 spiro atoms. The molecule has 27 heavy (non-hydrogen) atoms. The number of benzene rings is 2. The number of pyridine rings is 1. The van der Waals surface area contributed by atoms with Crippen LogP contribution in [0.15, 0.2) is 60.7 Å². The van der Waals surface area contributed by atoms with Crippen LogP contribution >= 0.6 is 0 Å². The zero-order valence-electron chi connectivity index (χ0n) is 15.2. The Kier molecular flexibility index (Phi) is 5.56. The second-order valence-electron chi connectivity index (χ2n) is 5.99. The molecular formula is C21H21N3O3. The van der Waals surface area contributed by atoms with Crippen molar-refractivity contribution in [3.63, 3.8) is 0 Å². The van der Waals surface area contributed by atoms with E-state index in [0.29, 0.717) is 17.9 Å². The van der Waals surface area contributed by atoms with E-state index in [0.717, 1.165) is 22.8 Å². The third-order valence-corrected chi connectivity index (χ3v) is 3.98. The first-order valence-electron chi connectivity index (χ1n) is 8.47. The molecule has 3 rings (SSSR count). The van der Waals surface area contributed by atoms with E-state index in [1.807, 2.05) is 55.5 Å². The Balaban J connectivity index is 1.57. The average Bonchev–Trinajstić information content (AvgIpc) is 2.68. The quantitative estimate of drug-likeness (QED) is 0.697. The molecule has 0 fully saturated rings. The van der Waals surface area contributed by atoms with Crippen LogP contribution in [0.5, 0.6) is 17.2 Å². The number of methoxy groups -OCH3 is 1. The smallest absolute Gasteiger partial charge is 0.255 e. The predicted molar refractivity (Wildman–Crippen MR) is 104 cm³/mol. The average molecular weight is 363 g/mol. The summed E-state index contributed by atoms with van der Waals surface area (Å²) in [4.78, 5) is 16.3. The number of aryl methyl sites for hydroxylation is 1. The van der Waals surface area contributed by atoms with Gasteiger partial charge in [0.15, 0.2) is 0 Å². The van der Waals surface area contributed by atoms with E-state index in [4.69, 9.17) is 15.2 Å². The molecule has 3 N–H and O–H groups in total. The highest BCUT2D eigenvalue weighted by molar-refractivity contribution is 5.98. The molecule has 0 saturated heterocycles. The summed E-state index contributed by atoms with van der Waals surface area (Å²) in [6, 6.07) is 18.3. The zero-order valence-corrected chi connectivity index (χ0v) is 15.2. The number of hydrogen-bond acceptors (Lipinski definition) is 5. The second kappa shape index (κ2) is 8.23. The van der Waals surface area contributed by atoms with Gasteiger partial charge in [-0.25, -0.2) is 4.98 Å². The van der Waals surface area contributed by atoms with E-state index in [2.05, 4.69) is 10.3 Å². The van der Waals surface area contributed by atoms with Crippen molar-refractivity contribution in [3.05, 3.63) is 77.5 Å². The first kappa shape index (κ1) is 18.3. The van der Waals surface area contributed by atoms with Crippen LogP contribution in [-0.2, 0) is 6.54 Å². The zero-order chi connectivity index (χ0) is 19.2. The molecule has 0 radical (unpaired) electrons. The van der Waals surface area contributed by atoms with Crippen LogP contribution in [-0.4, -0.2) is 18.0 Å². The molecule has 1 aromatic heterocycles. The lowest BCUT2D eigenvalue weighted by Gasteiger charge is -2.09. The van der Waals surface area contributed by atoms with Gasteiger partial charge in [0.2, 0.25) is 0 Å². The largest absolute Gasteiger partial charge is 0.497 e. The van der Waals surface area contributed by atoms with E-state index in [-0.39, 0.29) is 11.7 Å². The monoisotopic (exact) mass is 363 g/mol. The summed E-state index contributed by atoms with van der Waals surface area (Å²) in [5.74, 6) is 2.19. The maximum absolute atomic E-state index is 12.2. The molecule has 0 aliphatic carbocycles. The molecule has 1 amide bonds. The standard InChI is InChI=1S/C21H21N3O3/c1-14-3-12-19(20(22)24-14)21(25)23-13-15-4-6-17(7-5-15)27-18-10-8-16(26-2)9-11-18/h3-12H,13H2,1-2H3,(H2,22,24)(H,23,25). The Hall–Kier alpha value is -3.54. The van der Waals surface area contributed by atoms with E-state index >= 15 is 0 Å². The fourth-order valence-corrected chi connectivity index (χ4v) is 2.50. The highest BCUT2D eigenvalue weighted by atomic mass is 16.5. The van der Waals surface area contributed by atoms with Crippen LogP contribution in [0, 0.1) is 6.92 Å². The van der Waals surface area contributed by atoms with Gasteiger partial charge in [0.1, 0.15) is 23.1 Å². The summed E-state index contributed by atoms with van der Waals surface area (Å²) in [6.07, 6.45) is 0. The third kappa shape index (κ3) is 4.76. The molecule has 2 aromatic carbocycles. The number of nitrogens with zero attached hydrogens (tertiary/aromatic N) is 1. The van der Waals surface area contributed by atoms with E-state index in [1.165, 1.54) is 0 Å². The summed E-state index contributed by atoms with van der Waals surface area (Å²) < 4.78 is 10.9. The van der Waals surface area contributed by atoms with Crippen molar-refractivity contribution in [1.29, 1.82) is 0 Å². The number of anilines is 1. The number of nitrogens with one attached hydrogen (secondary N) is 1. The summed E-state index contributed by atoms with van der Waals surface area (Å²) >= 11 is 0. The van der Waals surface area contributed by atoms with Gasteiger partial charge in [-0.1, -0.05) is 12.1 Å². The van der Waals surface area contributed by atoms with Gasteiger partial charge in [0.05, 0.1) is 12.7 Å². The summed E-state index contributed by atoms with van der Waals surface area (Å²) in [5.41, 5.74) is 7.90. The molecule has 6 nitrogen and oxygen atoms in total. The Morgan fingerprint density at radius 1 is 0.963 bits per heavy atom. The lowest BCUT2D eigenvalue weighted by atomic mass is 10.2. The molecule has 0 unspecified atom stereocenters. The molecule has 3 aromatic rings. The minimum Gasteiger partial charge on any atom is -0.497 e. The van der Waals surface area contributed by atoms with E-state index in [1.54, 1.807) is 19.2 Å². The normalized spacial score (nSPS) is 10.3. The second-order valence-corrected chi connectivity index (χ2v) is 5.99. The van der Waals surface area contributed by atoms with Gasteiger partial charge in [-0.05, 0) is 61.0 Å². The first-order valence-corrected chi connectivity index (χ1v) is 8.47. The Morgan fingerprint density at radius 3 is 2.15 bits per heavy atom. The summed E-state index contributed by atoms with van der Waals surface area (Å²) in [5, 5.41) is 2.84. The molecule has 1 heterocycles. The van der Waals surface area contributed by atoms with Crippen molar-refractivity contribution in [2.24, 2.45) is 0 Å². The van der Waals surface area contributed by atoms with Gasteiger partial charge in [0.25, 0.3) is 5.91 Å². The van der Waals surface area contributed by atoms with Crippen LogP contribution < -0.4 is 20.5 Å².